The largest absolute Gasteiger partial charge is 0.294 e. The first-order valence-corrected chi connectivity index (χ1v) is 12.9. The van der Waals surface area contributed by atoms with Crippen LogP contribution in [0.3, 0.4) is 0 Å². The fourth-order valence-corrected chi connectivity index (χ4v) is 7.00. The van der Waals surface area contributed by atoms with Crippen LogP contribution in [0, 0.1) is 0 Å². The number of aromatic nitrogens is 3. The third-order valence-corrected chi connectivity index (χ3v) is 8.57. The Morgan fingerprint density at radius 1 is 0.806 bits per heavy atom. The lowest BCUT2D eigenvalue weighted by Gasteiger charge is -2.31. The van der Waals surface area contributed by atoms with Gasteiger partial charge in [-0.2, -0.15) is 0 Å². The fraction of sp³-hybridized carbons (Fsp3) is 0.0645. The smallest absolute Gasteiger partial charge is 0.145 e. The van der Waals surface area contributed by atoms with Crippen molar-refractivity contribution in [3.8, 4) is 28.3 Å². The molecule has 0 N–H and O–H groups in total. The summed E-state index contributed by atoms with van der Waals surface area (Å²) in [4.78, 5) is 14.3. The molecule has 0 bridgehead atoms. The Bertz CT molecular complexity index is 1860. The van der Waals surface area contributed by atoms with Crippen LogP contribution < -0.4 is 0 Å². The summed E-state index contributed by atoms with van der Waals surface area (Å²) in [5, 5.41) is 2.58. The van der Waals surface area contributed by atoms with Gasteiger partial charge in [-0.15, -0.1) is 11.3 Å². The van der Waals surface area contributed by atoms with Crippen LogP contribution in [-0.4, -0.2) is 20.7 Å². The number of imidazole rings is 1. The third-order valence-electron chi connectivity index (χ3n) is 7.36. The Labute approximate surface area is 211 Å². The van der Waals surface area contributed by atoms with E-state index >= 15 is 0 Å². The van der Waals surface area contributed by atoms with Crippen LogP contribution in [0.1, 0.15) is 23.1 Å². The van der Waals surface area contributed by atoms with Gasteiger partial charge in [-0.3, -0.25) is 14.5 Å². The first kappa shape index (κ1) is 19.9. The molecule has 0 radical (unpaired) electrons. The molecule has 4 heterocycles. The van der Waals surface area contributed by atoms with Crippen molar-refractivity contribution in [2.24, 2.45) is 4.99 Å². The molecular formula is C31H20N4S. The summed E-state index contributed by atoms with van der Waals surface area (Å²) in [6.45, 7) is 0. The van der Waals surface area contributed by atoms with Crippen LogP contribution in [0.15, 0.2) is 109 Å². The quantitative estimate of drug-likeness (QED) is 0.254. The molecule has 2 atom stereocenters. The van der Waals surface area contributed by atoms with Crippen LogP contribution in [0.4, 0.5) is 0 Å². The van der Waals surface area contributed by atoms with Gasteiger partial charge in [0.2, 0.25) is 0 Å². The summed E-state index contributed by atoms with van der Waals surface area (Å²) in [6, 6.07) is 28.0. The second-order valence-corrected chi connectivity index (χ2v) is 10.3. The van der Waals surface area contributed by atoms with E-state index in [1.807, 2.05) is 29.9 Å². The minimum atomic E-state index is 0.129. The molecule has 1 aliphatic carbocycles. The standard InChI is InChI=1S/C31H20N4S/c1-2-7-19(8-3-1)31-34-28-21-13-15-32-17-24(21)25-18-33-16-14-22(25)29(28)35(31)26-11-6-10-23-20-9-4-5-12-27(20)36-30(23)26/h1-18,22,25H. The highest BCUT2D eigenvalue weighted by atomic mass is 32.1. The molecule has 2 unspecified atom stereocenters. The highest BCUT2D eigenvalue weighted by Crippen LogP contribution is 2.50. The van der Waals surface area contributed by atoms with Gasteiger partial charge in [-0.1, -0.05) is 66.7 Å². The predicted octanol–water partition coefficient (Wildman–Crippen LogP) is 7.75. The topological polar surface area (TPSA) is 43.1 Å². The zero-order valence-electron chi connectivity index (χ0n) is 19.2. The van der Waals surface area contributed by atoms with E-state index < -0.39 is 0 Å². The van der Waals surface area contributed by atoms with Gasteiger partial charge in [0.05, 0.1) is 21.8 Å². The number of nitrogens with zero attached hydrogens (tertiary/aromatic N) is 4. The second-order valence-electron chi connectivity index (χ2n) is 9.28. The van der Waals surface area contributed by atoms with E-state index in [0.29, 0.717) is 0 Å². The number of benzene rings is 3. The Kier molecular flexibility index (Phi) is 4.19. The maximum Gasteiger partial charge on any atom is 0.145 e. The van der Waals surface area contributed by atoms with Gasteiger partial charge in [-0.05, 0) is 23.8 Å². The van der Waals surface area contributed by atoms with Crippen LogP contribution in [0.25, 0.3) is 48.5 Å². The van der Waals surface area contributed by atoms with Crippen molar-refractivity contribution in [1.82, 2.24) is 14.5 Å². The van der Waals surface area contributed by atoms with Crippen LogP contribution in [0.2, 0.25) is 0 Å². The van der Waals surface area contributed by atoms with Gasteiger partial charge < -0.3 is 0 Å². The molecule has 1 aliphatic heterocycles. The van der Waals surface area contributed by atoms with E-state index in [0.717, 1.165) is 22.6 Å². The summed E-state index contributed by atoms with van der Waals surface area (Å²) in [5.41, 5.74) is 6.85. The van der Waals surface area contributed by atoms with E-state index in [2.05, 4.69) is 106 Å². The first-order chi connectivity index (χ1) is 17.9. The molecule has 170 valence electrons. The number of allylic oxidation sites excluding steroid dienone is 1. The van der Waals surface area contributed by atoms with Crippen molar-refractivity contribution < 1.29 is 0 Å². The van der Waals surface area contributed by atoms with Gasteiger partial charge in [0, 0.05) is 63.2 Å². The highest BCUT2D eigenvalue weighted by molar-refractivity contribution is 7.26. The molecule has 6 aromatic rings. The van der Waals surface area contributed by atoms with Gasteiger partial charge >= 0.3 is 0 Å². The van der Waals surface area contributed by atoms with E-state index in [1.54, 1.807) is 0 Å². The minimum absolute atomic E-state index is 0.129. The van der Waals surface area contributed by atoms with E-state index in [1.165, 1.54) is 37.1 Å². The van der Waals surface area contributed by atoms with Crippen LogP contribution in [0.5, 0.6) is 0 Å². The third kappa shape index (κ3) is 2.72. The molecule has 0 amide bonds. The monoisotopic (exact) mass is 480 g/mol. The SMILES string of the molecule is C1=CC2c3c(nc(-c4ccccc4)n3-c3cccc4c3sc3ccccc34)-c3ccncc3C2C=N1. The first-order valence-electron chi connectivity index (χ1n) is 12.1. The number of rotatable bonds is 2. The molecule has 5 heteroatoms. The number of thiophene rings is 1. The molecule has 8 rings (SSSR count). The maximum absolute atomic E-state index is 5.35. The Hall–Kier alpha value is -4.35. The lowest BCUT2D eigenvalue weighted by atomic mass is 9.76. The van der Waals surface area contributed by atoms with Crippen molar-refractivity contribution in [2.45, 2.75) is 11.8 Å². The molecule has 36 heavy (non-hydrogen) atoms. The van der Waals surface area contributed by atoms with Crippen molar-refractivity contribution in [3.05, 3.63) is 115 Å². The van der Waals surface area contributed by atoms with Gasteiger partial charge in [-0.25, -0.2) is 4.98 Å². The number of pyridine rings is 1. The predicted molar refractivity (Wildman–Crippen MR) is 148 cm³/mol. The van der Waals surface area contributed by atoms with E-state index in [9.17, 15) is 0 Å². The average Bonchev–Trinajstić information content (AvgIpc) is 3.53. The van der Waals surface area contributed by atoms with Crippen molar-refractivity contribution >= 4 is 37.7 Å². The van der Waals surface area contributed by atoms with E-state index in [-0.39, 0.29) is 11.8 Å². The molecule has 0 spiro atoms. The molecule has 0 fully saturated rings. The lowest BCUT2D eigenvalue weighted by molar-refractivity contribution is 0.715. The lowest BCUT2D eigenvalue weighted by Crippen LogP contribution is -2.22. The zero-order valence-corrected chi connectivity index (χ0v) is 20.1. The minimum Gasteiger partial charge on any atom is -0.294 e. The zero-order chi connectivity index (χ0) is 23.6. The molecule has 3 aromatic heterocycles. The number of hydrogen-bond acceptors (Lipinski definition) is 4. The van der Waals surface area contributed by atoms with Crippen LogP contribution in [-0.2, 0) is 0 Å². The van der Waals surface area contributed by atoms with Gasteiger partial charge in [0.15, 0.2) is 0 Å². The number of aliphatic imine (C=N–C) groups is 1. The highest BCUT2D eigenvalue weighted by Gasteiger charge is 2.38. The summed E-state index contributed by atoms with van der Waals surface area (Å²) in [5.74, 6) is 1.22. The van der Waals surface area contributed by atoms with E-state index in [4.69, 9.17) is 4.98 Å². The van der Waals surface area contributed by atoms with Crippen LogP contribution >= 0.6 is 11.3 Å². The maximum atomic E-state index is 5.35. The average molecular weight is 481 g/mol. The summed E-state index contributed by atoms with van der Waals surface area (Å²) >= 11 is 1.85. The fourth-order valence-electron chi connectivity index (χ4n) is 5.79. The molecular weight excluding hydrogens is 460 g/mol. The summed E-state index contributed by atoms with van der Waals surface area (Å²) in [7, 11) is 0. The molecule has 4 nitrogen and oxygen atoms in total. The Balaban J connectivity index is 1.52. The summed E-state index contributed by atoms with van der Waals surface area (Å²) in [6.07, 6.45) is 10.1. The van der Waals surface area contributed by atoms with Crippen molar-refractivity contribution in [2.75, 3.05) is 0 Å². The molecule has 3 aromatic carbocycles. The van der Waals surface area contributed by atoms with Gasteiger partial charge in [0.25, 0.3) is 0 Å². The molecule has 0 saturated heterocycles. The van der Waals surface area contributed by atoms with Crippen molar-refractivity contribution in [1.29, 1.82) is 0 Å². The van der Waals surface area contributed by atoms with Gasteiger partial charge in [0.1, 0.15) is 5.82 Å². The Morgan fingerprint density at radius 2 is 1.67 bits per heavy atom. The number of hydrogen-bond donors (Lipinski definition) is 0. The number of fused-ring (bicyclic) bond motifs is 9. The second kappa shape index (κ2) is 7.57. The normalized spacial score (nSPS) is 17.8. The summed E-state index contributed by atoms with van der Waals surface area (Å²) < 4.78 is 4.99. The van der Waals surface area contributed by atoms with Crippen molar-refractivity contribution in [3.63, 3.8) is 0 Å². The Morgan fingerprint density at radius 3 is 2.61 bits per heavy atom. The molecule has 0 saturated carbocycles. The molecule has 2 aliphatic rings.